The molecule has 31 heavy (non-hydrogen) atoms. The third-order valence-electron chi connectivity index (χ3n) is 5.41. The molecule has 0 spiro atoms. The summed E-state index contributed by atoms with van der Waals surface area (Å²) in [5.74, 6) is -2.26. The third kappa shape index (κ3) is 4.16. The number of carbonyl (C=O) groups is 2. The minimum Gasteiger partial charge on any atom is -0.504 e. The Bertz CT molecular complexity index is 1080. The Morgan fingerprint density at radius 2 is 1.06 bits per heavy atom. The summed E-state index contributed by atoms with van der Waals surface area (Å²) in [5.41, 5.74) is 2.78. The molecule has 0 radical (unpaired) electrons. The highest BCUT2D eigenvalue weighted by Gasteiger charge is 2.26. The molecule has 3 N–H and O–H groups in total. The SMILES string of the molecule is O=C(c1ccc(-c2ccccc2)cc1)N1CCN(C(=O)c2cc(O)c(O)c(O)c2)CC1. The van der Waals surface area contributed by atoms with Gasteiger partial charge in [0.1, 0.15) is 0 Å². The van der Waals surface area contributed by atoms with Gasteiger partial charge in [-0.25, -0.2) is 0 Å². The average Bonchev–Trinajstić information content (AvgIpc) is 2.82. The topological polar surface area (TPSA) is 101 Å². The number of amides is 2. The molecule has 0 aliphatic carbocycles. The number of hydrogen-bond donors (Lipinski definition) is 3. The van der Waals surface area contributed by atoms with Crippen molar-refractivity contribution in [1.29, 1.82) is 0 Å². The van der Waals surface area contributed by atoms with Crippen molar-refractivity contribution < 1.29 is 24.9 Å². The van der Waals surface area contributed by atoms with Gasteiger partial charge in [-0.3, -0.25) is 9.59 Å². The summed E-state index contributed by atoms with van der Waals surface area (Å²) in [6, 6.07) is 19.6. The molecule has 7 heteroatoms. The molecule has 2 amide bonds. The number of aromatic hydroxyl groups is 3. The summed E-state index contributed by atoms with van der Waals surface area (Å²) in [5, 5.41) is 28.7. The van der Waals surface area contributed by atoms with E-state index in [2.05, 4.69) is 0 Å². The number of hydrogen-bond acceptors (Lipinski definition) is 5. The molecule has 3 aromatic carbocycles. The lowest BCUT2D eigenvalue weighted by Gasteiger charge is -2.35. The Hall–Kier alpha value is -4.00. The molecule has 0 bridgehead atoms. The van der Waals surface area contributed by atoms with Crippen LogP contribution in [0.3, 0.4) is 0 Å². The Morgan fingerprint density at radius 3 is 1.58 bits per heavy atom. The second-order valence-electron chi connectivity index (χ2n) is 7.39. The van der Waals surface area contributed by atoms with E-state index in [1.54, 1.807) is 9.80 Å². The lowest BCUT2D eigenvalue weighted by atomic mass is 10.0. The zero-order valence-electron chi connectivity index (χ0n) is 16.7. The van der Waals surface area contributed by atoms with Crippen LogP contribution in [0.5, 0.6) is 17.2 Å². The Morgan fingerprint density at radius 1 is 0.613 bits per heavy atom. The fraction of sp³-hybridized carbons (Fsp3) is 0.167. The van der Waals surface area contributed by atoms with Crippen molar-refractivity contribution in [1.82, 2.24) is 9.80 Å². The van der Waals surface area contributed by atoms with Crippen LogP contribution in [0.1, 0.15) is 20.7 Å². The van der Waals surface area contributed by atoms with Crippen molar-refractivity contribution in [2.45, 2.75) is 0 Å². The summed E-state index contributed by atoms with van der Waals surface area (Å²) in [4.78, 5) is 28.8. The van der Waals surface area contributed by atoms with Gasteiger partial charge in [-0.1, -0.05) is 42.5 Å². The highest BCUT2D eigenvalue weighted by Crippen LogP contribution is 2.35. The molecule has 0 atom stereocenters. The normalized spacial score (nSPS) is 13.8. The molecule has 3 aromatic rings. The van der Waals surface area contributed by atoms with Crippen LogP contribution in [0.25, 0.3) is 11.1 Å². The number of carbonyl (C=O) groups excluding carboxylic acids is 2. The van der Waals surface area contributed by atoms with Gasteiger partial charge in [0.25, 0.3) is 11.8 Å². The molecule has 0 unspecified atom stereocenters. The van der Waals surface area contributed by atoms with E-state index in [1.807, 2.05) is 54.6 Å². The first-order valence-corrected chi connectivity index (χ1v) is 9.93. The van der Waals surface area contributed by atoms with E-state index in [0.717, 1.165) is 23.3 Å². The van der Waals surface area contributed by atoms with Crippen LogP contribution in [-0.4, -0.2) is 63.1 Å². The first kappa shape index (κ1) is 20.3. The Labute approximate surface area is 179 Å². The number of nitrogens with zero attached hydrogens (tertiary/aromatic N) is 2. The van der Waals surface area contributed by atoms with Gasteiger partial charge < -0.3 is 25.1 Å². The van der Waals surface area contributed by atoms with Crippen molar-refractivity contribution >= 4 is 11.8 Å². The summed E-state index contributed by atoms with van der Waals surface area (Å²) in [7, 11) is 0. The van der Waals surface area contributed by atoms with Gasteiger partial charge in [0.15, 0.2) is 17.2 Å². The fourth-order valence-electron chi connectivity index (χ4n) is 3.64. The maximum Gasteiger partial charge on any atom is 0.254 e. The van der Waals surface area contributed by atoms with Crippen molar-refractivity contribution in [2.24, 2.45) is 0 Å². The number of phenolic OH excluding ortho intramolecular Hbond substituents is 3. The van der Waals surface area contributed by atoms with Crippen LogP contribution in [0.2, 0.25) is 0 Å². The maximum absolute atomic E-state index is 12.8. The lowest BCUT2D eigenvalue weighted by Crippen LogP contribution is -2.50. The van der Waals surface area contributed by atoms with Crippen LogP contribution >= 0.6 is 0 Å². The number of piperazine rings is 1. The van der Waals surface area contributed by atoms with Gasteiger partial charge in [-0.15, -0.1) is 0 Å². The predicted molar refractivity (Wildman–Crippen MR) is 115 cm³/mol. The second kappa shape index (κ2) is 8.39. The van der Waals surface area contributed by atoms with E-state index in [4.69, 9.17) is 0 Å². The predicted octanol–water partition coefficient (Wildman–Crippen LogP) is 3.07. The molecular formula is C24H22N2O5. The maximum atomic E-state index is 12.8. The molecular weight excluding hydrogens is 396 g/mol. The second-order valence-corrected chi connectivity index (χ2v) is 7.39. The van der Waals surface area contributed by atoms with Gasteiger partial charge in [0, 0.05) is 37.3 Å². The Kier molecular flexibility index (Phi) is 5.49. The summed E-state index contributed by atoms with van der Waals surface area (Å²) in [6.07, 6.45) is 0. The molecule has 1 heterocycles. The highest BCUT2D eigenvalue weighted by atomic mass is 16.3. The number of phenols is 3. The van der Waals surface area contributed by atoms with Crippen LogP contribution in [0.4, 0.5) is 0 Å². The quantitative estimate of drug-likeness (QED) is 0.568. The van der Waals surface area contributed by atoms with Crippen molar-refractivity contribution in [3.05, 3.63) is 77.9 Å². The van der Waals surface area contributed by atoms with Gasteiger partial charge in [0.2, 0.25) is 0 Å². The molecule has 158 valence electrons. The van der Waals surface area contributed by atoms with E-state index in [-0.39, 0.29) is 17.4 Å². The van der Waals surface area contributed by atoms with Gasteiger partial charge >= 0.3 is 0 Å². The molecule has 1 fully saturated rings. The molecule has 4 rings (SSSR count). The smallest absolute Gasteiger partial charge is 0.254 e. The van der Waals surface area contributed by atoms with Crippen molar-refractivity contribution in [3.63, 3.8) is 0 Å². The van der Waals surface area contributed by atoms with E-state index in [9.17, 15) is 24.9 Å². The standard InChI is InChI=1S/C24H22N2O5/c27-20-14-19(15-21(28)22(20)29)24(31)26-12-10-25(11-13-26)23(30)18-8-6-17(7-9-18)16-4-2-1-3-5-16/h1-9,14-15,27-29H,10-13H2. The van der Waals surface area contributed by atoms with Gasteiger partial charge in [-0.05, 0) is 35.4 Å². The molecule has 0 aromatic heterocycles. The first-order valence-electron chi connectivity index (χ1n) is 9.93. The van der Waals surface area contributed by atoms with Crippen LogP contribution in [0, 0.1) is 0 Å². The minimum atomic E-state index is -0.662. The lowest BCUT2D eigenvalue weighted by molar-refractivity contribution is 0.0535. The van der Waals surface area contributed by atoms with E-state index >= 15 is 0 Å². The van der Waals surface area contributed by atoms with Crippen LogP contribution in [0.15, 0.2) is 66.7 Å². The van der Waals surface area contributed by atoms with Crippen LogP contribution < -0.4 is 0 Å². The highest BCUT2D eigenvalue weighted by molar-refractivity contribution is 5.97. The van der Waals surface area contributed by atoms with E-state index in [0.29, 0.717) is 31.7 Å². The molecule has 1 saturated heterocycles. The largest absolute Gasteiger partial charge is 0.504 e. The van der Waals surface area contributed by atoms with Gasteiger partial charge in [-0.2, -0.15) is 0 Å². The first-order chi connectivity index (χ1) is 14.9. The fourth-order valence-corrected chi connectivity index (χ4v) is 3.64. The Balaban J connectivity index is 1.39. The zero-order valence-corrected chi connectivity index (χ0v) is 16.7. The number of rotatable bonds is 3. The monoisotopic (exact) mass is 418 g/mol. The average molecular weight is 418 g/mol. The van der Waals surface area contributed by atoms with Crippen molar-refractivity contribution in [2.75, 3.05) is 26.2 Å². The third-order valence-corrected chi connectivity index (χ3v) is 5.41. The molecule has 7 nitrogen and oxygen atoms in total. The zero-order chi connectivity index (χ0) is 22.0. The minimum absolute atomic E-state index is 0.0732. The van der Waals surface area contributed by atoms with Crippen molar-refractivity contribution in [3.8, 4) is 28.4 Å². The summed E-state index contributed by atoms with van der Waals surface area (Å²) >= 11 is 0. The summed E-state index contributed by atoms with van der Waals surface area (Å²) in [6.45, 7) is 1.41. The number of benzene rings is 3. The summed E-state index contributed by atoms with van der Waals surface area (Å²) < 4.78 is 0. The van der Waals surface area contributed by atoms with Crippen LogP contribution in [-0.2, 0) is 0 Å². The van der Waals surface area contributed by atoms with E-state index in [1.165, 1.54) is 0 Å². The molecule has 1 aliphatic heterocycles. The molecule has 0 saturated carbocycles. The van der Waals surface area contributed by atoms with E-state index < -0.39 is 17.2 Å². The molecule has 1 aliphatic rings. The van der Waals surface area contributed by atoms with Gasteiger partial charge in [0.05, 0.1) is 0 Å².